The molecule has 0 atom stereocenters. The molecule has 0 heterocycles. The molecule has 0 spiro atoms. The van der Waals surface area contributed by atoms with Gasteiger partial charge in [-0.2, -0.15) is 0 Å². The molecule has 0 aliphatic rings. The van der Waals surface area contributed by atoms with Crippen LogP contribution in [0.4, 0.5) is 5.69 Å². The predicted molar refractivity (Wildman–Crippen MR) is 147 cm³/mol. The molecule has 4 aromatic carbocycles. The van der Waals surface area contributed by atoms with E-state index in [1.807, 2.05) is 30.3 Å². The van der Waals surface area contributed by atoms with Crippen LogP contribution in [-0.2, 0) is 6.61 Å². The van der Waals surface area contributed by atoms with E-state index in [9.17, 15) is 9.59 Å². The average Bonchev–Trinajstić information content (AvgIpc) is 2.92. The largest absolute Gasteiger partial charge is 0.496 e. The zero-order chi connectivity index (χ0) is 26.4. The molecular formula is C31H28ClNO4. The highest BCUT2D eigenvalue weighted by atomic mass is 35.5. The smallest absolute Gasteiger partial charge is 0.255 e. The lowest BCUT2D eigenvalue weighted by Gasteiger charge is -2.16. The summed E-state index contributed by atoms with van der Waals surface area (Å²) in [4.78, 5) is 26.4. The summed E-state index contributed by atoms with van der Waals surface area (Å²) in [6.45, 7) is 4.45. The van der Waals surface area contributed by atoms with E-state index in [4.69, 9.17) is 21.1 Å². The second kappa shape index (κ2) is 11.8. The van der Waals surface area contributed by atoms with Gasteiger partial charge in [-0.15, -0.1) is 0 Å². The first-order valence-electron chi connectivity index (χ1n) is 12.0. The van der Waals surface area contributed by atoms with Gasteiger partial charge in [0.05, 0.1) is 12.8 Å². The number of rotatable bonds is 9. The molecule has 1 N–H and O–H groups in total. The van der Waals surface area contributed by atoms with E-state index in [0.29, 0.717) is 39.1 Å². The fourth-order valence-electron chi connectivity index (χ4n) is 4.03. The highest BCUT2D eigenvalue weighted by Gasteiger charge is 2.18. The van der Waals surface area contributed by atoms with Gasteiger partial charge in [0, 0.05) is 27.3 Å². The summed E-state index contributed by atoms with van der Waals surface area (Å²) in [5, 5.41) is 3.27. The molecule has 0 aromatic heterocycles. The number of carbonyl (C=O) groups is 2. The maximum Gasteiger partial charge on any atom is 0.255 e. The van der Waals surface area contributed by atoms with Crippen molar-refractivity contribution in [2.75, 3.05) is 12.4 Å². The first-order valence-corrected chi connectivity index (χ1v) is 12.3. The first-order chi connectivity index (χ1) is 17.9. The minimum absolute atomic E-state index is 0.229. The van der Waals surface area contributed by atoms with Gasteiger partial charge < -0.3 is 14.8 Å². The number of carbonyl (C=O) groups excluding carboxylic acids is 2. The van der Waals surface area contributed by atoms with Gasteiger partial charge in [0.2, 0.25) is 0 Å². The van der Waals surface area contributed by atoms with Crippen molar-refractivity contribution in [1.82, 2.24) is 0 Å². The van der Waals surface area contributed by atoms with Crippen molar-refractivity contribution in [3.63, 3.8) is 0 Å². The van der Waals surface area contributed by atoms with Gasteiger partial charge in [-0.25, -0.2) is 0 Å². The molecule has 6 heteroatoms. The first kappa shape index (κ1) is 26.0. The van der Waals surface area contributed by atoms with Gasteiger partial charge in [0.25, 0.3) is 5.91 Å². The molecule has 188 valence electrons. The van der Waals surface area contributed by atoms with Crippen LogP contribution >= 0.6 is 11.6 Å². The van der Waals surface area contributed by atoms with Crippen molar-refractivity contribution in [2.45, 2.75) is 26.4 Å². The lowest BCUT2D eigenvalue weighted by atomic mass is 10.0. The van der Waals surface area contributed by atoms with Crippen LogP contribution in [0, 0.1) is 0 Å². The Bertz CT molecular complexity index is 1420. The fourth-order valence-corrected chi connectivity index (χ4v) is 4.20. The van der Waals surface area contributed by atoms with Gasteiger partial charge in [0.1, 0.15) is 18.1 Å². The van der Waals surface area contributed by atoms with Crippen molar-refractivity contribution in [2.24, 2.45) is 0 Å². The molecule has 5 nitrogen and oxygen atoms in total. The minimum Gasteiger partial charge on any atom is -0.496 e. The summed E-state index contributed by atoms with van der Waals surface area (Å²) in [5.74, 6) is 1.12. The third-order valence-corrected chi connectivity index (χ3v) is 6.21. The zero-order valence-corrected chi connectivity index (χ0v) is 21.7. The number of methoxy groups -OCH3 is 1. The Morgan fingerprint density at radius 3 is 2.30 bits per heavy atom. The molecule has 0 fully saturated rings. The molecule has 4 rings (SSSR count). The lowest BCUT2D eigenvalue weighted by Crippen LogP contribution is -2.16. The van der Waals surface area contributed by atoms with Crippen LogP contribution in [0.3, 0.4) is 0 Å². The molecule has 0 bridgehead atoms. The quantitative estimate of drug-likeness (QED) is 0.235. The van der Waals surface area contributed by atoms with E-state index in [1.54, 1.807) is 67.8 Å². The van der Waals surface area contributed by atoms with Crippen LogP contribution in [0.2, 0.25) is 5.02 Å². The molecule has 0 unspecified atom stereocenters. The van der Waals surface area contributed by atoms with Crippen LogP contribution in [0.25, 0.3) is 0 Å². The third kappa shape index (κ3) is 6.19. The molecule has 4 aromatic rings. The molecule has 0 radical (unpaired) electrons. The lowest BCUT2D eigenvalue weighted by molar-refractivity contribution is 0.102. The molecule has 0 saturated carbocycles. The number of amides is 1. The normalized spacial score (nSPS) is 10.7. The predicted octanol–water partition coefficient (Wildman–Crippen LogP) is 7.53. The molecule has 0 saturated heterocycles. The Kier molecular flexibility index (Phi) is 8.26. The maximum absolute atomic E-state index is 13.2. The number of ether oxygens (including phenoxy) is 2. The van der Waals surface area contributed by atoms with Crippen LogP contribution in [0.1, 0.15) is 57.2 Å². The summed E-state index contributed by atoms with van der Waals surface area (Å²) in [5.41, 5.74) is 3.44. The van der Waals surface area contributed by atoms with Crippen molar-refractivity contribution >= 4 is 29.0 Å². The summed E-state index contributed by atoms with van der Waals surface area (Å²) in [6.07, 6.45) is 0. The second-order valence-corrected chi connectivity index (χ2v) is 9.28. The summed E-state index contributed by atoms with van der Waals surface area (Å²) < 4.78 is 11.6. The van der Waals surface area contributed by atoms with Crippen molar-refractivity contribution in [3.05, 3.63) is 124 Å². The number of hydrogen-bond acceptors (Lipinski definition) is 4. The van der Waals surface area contributed by atoms with Crippen molar-refractivity contribution < 1.29 is 19.1 Å². The molecule has 1 amide bonds. The van der Waals surface area contributed by atoms with Gasteiger partial charge in [-0.3, -0.25) is 9.59 Å². The van der Waals surface area contributed by atoms with Crippen molar-refractivity contribution in [3.8, 4) is 11.5 Å². The zero-order valence-electron chi connectivity index (χ0n) is 21.0. The minimum atomic E-state index is -0.365. The molecule has 0 aliphatic carbocycles. The van der Waals surface area contributed by atoms with Gasteiger partial charge >= 0.3 is 0 Å². The van der Waals surface area contributed by atoms with E-state index in [0.717, 1.165) is 16.9 Å². The molecular weight excluding hydrogens is 486 g/mol. The number of benzene rings is 4. The highest BCUT2D eigenvalue weighted by Crippen LogP contribution is 2.29. The average molecular weight is 514 g/mol. The van der Waals surface area contributed by atoms with Gasteiger partial charge in [0.15, 0.2) is 5.78 Å². The van der Waals surface area contributed by atoms with E-state index < -0.39 is 0 Å². The number of nitrogens with one attached hydrogen (secondary N) is 1. The number of para-hydroxylation sites is 1. The SMILES string of the molecule is COc1ccc(C(=O)Nc2ccc(Cl)cc2C(=O)c2ccccc2)cc1COc1ccccc1C(C)C. The summed E-state index contributed by atoms with van der Waals surface area (Å²) in [7, 11) is 1.58. The Morgan fingerprint density at radius 2 is 1.57 bits per heavy atom. The number of halogens is 1. The standard InChI is InChI=1S/C31H28ClNO4/c1-20(2)25-11-7-8-12-29(25)37-19-23-17-22(13-16-28(23)36-3)31(35)33-27-15-14-24(32)18-26(27)30(34)21-9-5-4-6-10-21/h4-18,20H,19H2,1-3H3,(H,33,35). The Balaban J connectivity index is 1.58. The topological polar surface area (TPSA) is 64.6 Å². The molecule has 0 aliphatic heterocycles. The van der Waals surface area contributed by atoms with E-state index in [-0.39, 0.29) is 18.3 Å². The van der Waals surface area contributed by atoms with Crippen LogP contribution < -0.4 is 14.8 Å². The van der Waals surface area contributed by atoms with Crippen LogP contribution in [-0.4, -0.2) is 18.8 Å². The van der Waals surface area contributed by atoms with Crippen molar-refractivity contribution in [1.29, 1.82) is 0 Å². The molecule has 37 heavy (non-hydrogen) atoms. The number of ketones is 1. The van der Waals surface area contributed by atoms with E-state index >= 15 is 0 Å². The number of hydrogen-bond donors (Lipinski definition) is 1. The Labute approximate surface area is 222 Å². The number of anilines is 1. The van der Waals surface area contributed by atoms with Gasteiger partial charge in [-0.05, 0) is 53.9 Å². The Hall–Kier alpha value is -4.09. The third-order valence-electron chi connectivity index (χ3n) is 5.98. The Morgan fingerprint density at radius 1 is 0.838 bits per heavy atom. The van der Waals surface area contributed by atoms with Crippen LogP contribution in [0.15, 0.2) is 91.0 Å². The van der Waals surface area contributed by atoms with E-state index in [2.05, 4.69) is 19.2 Å². The van der Waals surface area contributed by atoms with Crippen LogP contribution in [0.5, 0.6) is 11.5 Å². The fraction of sp³-hybridized carbons (Fsp3) is 0.161. The monoisotopic (exact) mass is 513 g/mol. The summed E-state index contributed by atoms with van der Waals surface area (Å²) >= 11 is 6.18. The second-order valence-electron chi connectivity index (χ2n) is 8.85. The maximum atomic E-state index is 13.2. The highest BCUT2D eigenvalue weighted by molar-refractivity contribution is 6.31. The van der Waals surface area contributed by atoms with Gasteiger partial charge in [-0.1, -0.05) is 74.0 Å². The summed E-state index contributed by atoms with van der Waals surface area (Å²) in [6, 6.07) is 26.7. The van der Waals surface area contributed by atoms with E-state index in [1.165, 1.54) is 0 Å².